The van der Waals surface area contributed by atoms with Gasteiger partial charge in [0.25, 0.3) is 5.89 Å². The molecule has 0 radical (unpaired) electrons. The van der Waals surface area contributed by atoms with Crippen molar-refractivity contribution < 1.29 is 13.9 Å². The molecule has 2 heterocycles. The molecule has 0 atom stereocenters. The van der Waals surface area contributed by atoms with Crippen molar-refractivity contribution in [3.63, 3.8) is 0 Å². The number of methoxy groups -OCH3 is 1. The molecule has 0 spiro atoms. The fourth-order valence-electron chi connectivity index (χ4n) is 3.37. The van der Waals surface area contributed by atoms with E-state index in [0.717, 1.165) is 28.1 Å². The van der Waals surface area contributed by atoms with Gasteiger partial charge in [-0.05, 0) is 29.8 Å². The Morgan fingerprint density at radius 3 is 2.29 bits per heavy atom. The highest BCUT2D eigenvalue weighted by atomic mass is 16.5. The third kappa shape index (κ3) is 4.71. The van der Waals surface area contributed by atoms with E-state index in [9.17, 15) is 0 Å². The van der Waals surface area contributed by atoms with Gasteiger partial charge in [-0.1, -0.05) is 65.8 Å². The van der Waals surface area contributed by atoms with Gasteiger partial charge in [0.15, 0.2) is 12.4 Å². The number of aliphatic imine (C=N–C) groups is 1. The molecule has 5 aromatic rings. The third-order valence-electron chi connectivity index (χ3n) is 5.07. The number of ether oxygens (including phenoxy) is 2. The van der Waals surface area contributed by atoms with Crippen molar-refractivity contribution in [1.82, 2.24) is 20.4 Å². The highest BCUT2D eigenvalue weighted by Gasteiger charge is 2.19. The van der Waals surface area contributed by atoms with E-state index in [1.165, 1.54) is 0 Å². The van der Waals surface area contributed by atoms with Crippen LogP contribution in [-0.4, -0.2) is 33.7 Å². The molecule has 0 aliphatic carbocycles. The fraction of sp³-hybridized carbons (Fsp3) is 0.0769. The summed E-state index contributed by atoms with van der Waals surface area (Å²) in [6.45, 7) is 0.0737. The summed E-state index contributed by atoms with van der Waals surface area (Å²) in [6, 6.07) is 27.4. The summed E-state index contributed by atoms with van der Waals surface area (Å²) in [7, 11) is 1.63. The topological polar surface area (TPSA) is 98.4 Å². The minimum atomic E-state index is 0.0737. The van der Waals surface area contributed by atoms with Crippen molar-refractivity contribution in [1.29, 1.82) is 0 Å². The molecule has 0 aliphatic heterocycles. The molecule has 0 bridgehead atoms. The molecule has 34 heavy (non-hydrogen) atoms. The second-order valence-corrected chi connectivity index (χ2v) is 7.31. The van der Waals surface area contributed by atoms with Gasteiger partial charge in [0.1, 0.15) is 17.1 Å². The largest absolute Gasteiger partial charge is 0.497 e. The average molecular weight is 451 g/mol. The van der Waals surface area contributed by atoms with Crippen molar-refractivity contribution in [3.05, 3.63) is 96.4 Å². The van der Waals surface area contributed by atoms with Crippen LogP contribution in [0.15, 0.2) is 94.3 Å². The average Bonchev–Trinajstić information content (AvgIpc) is 3.54. The van der Waals surface area contributed by atoms with Crippen LogP contribution in [0.3, 0.4) is 0 Å². The summed E-state index contributed by atoms with van der Waals surface area (Å²) < 4.78 is 16.9. The quantitative estimate of drug-likeness (QED) is 0.314. The normalized spacial score (nSPS) is 11.1. The SMILES string of the molecule is COc1ccc(/C=N/c2nnc(COc3c(-c4ccccc4)n[nH]c3-c3ccccc3)o2)cc1. The Labute approximate surface area is 195 Å². The number of rotatable bonds is 8. The van der Waals surface area contributed by atoms with Crippen LogP contribution in [0.5, 0.6) is 11.5 Å². The van der Waals surface area contributed by atoms with Crippen LogP contribution in [0.2, 0.25) is 0 Å². The number of aromatic amines is 1. The summed E-state index contributed by atoms with van der Waals surface area (Å²) >= 11 is 0. The van der Waals surface area contributed by atoms with E-state index in [4.69, 9.17) is 13.9 Å². The minimum absolute atomic E-state index is 0.0737. The van der Waals surface area contributed by atoms with E-state index < -0.39 is 0 Å². The molecule has 5 rings (SSSR count). The van der Waals surface area contributed by atoms with Gasteiger partial charge in [0.05, 0.1) is 7.11 Å². The van der Waals surface area contributed by atoms with Crippen molar-refractivity contribution in [2.45, 2.75) is 6.61 Å². The molecule has 2 aromatic heterocycles. The molecule has 0 saturated heterocycles. The molecule has 8 nitrogen and oxygen atoms in total. The van der Waals surface area contributed by atoms with Crippen LogP contribution >= 0.6 is 0 Å². The maximum absolute atomic E-state index is 6.15. The maximum Gasteiger partial charge on any atom is 0.342 e. The molecule has 0 fully saturated rings. The summed E-state index contributed by atoms with van der Waals surface area (Å²) in [5.74, 6) is 1.69. The smallest absolute Gasteiger partial charge is 0.342 e. The predicted molar refractivity (Wildman–Crippen MR) is 128 cm³/mol. The summed E-state index contributed by atoms with van der Waals surface area (Å²) in [4.78, 5) is 4.25. The van der Waals surface area contributed by atoms with Crippen molar-refractivity contribution in [3.8, 4) is 34.0 Å². The van der Waals surface area contributed by atoms with E-state index in [-0.39, 0.29) is 12.6 Å². The minimum Gasteiger partial charge on any atom is -0.497 e. The first-order valence-electron chi connectivity index (χ1n) is 10.6. The van der Waals surface area contributed by atoms with Crippen LogP contribution in [-0.2, 0) is 6.61 Å². The van der Waals surface area contributed by atoms with Gasteiger partial charge in [0.2, 0.25) is 0 Å². The van der Waals surface area contributed by atoms with Gasteiger partial charge < -0.3 is 13.9 Å². The zero-order valence-corrected chi connectivity index (χ0v) is 18.4. The Bertz CT molecular complexity index is 1320. The highest BCUT2D eigenvalue weighted by Crippen LogP contribution is 2.37. The molecule has 168 valence electrons. The van der Waals surface area contributed by atoms with Crippen LogP contribution in [0.1, 0.15) is 11.5 Å². The van der Waals surface area contributed by atoms with Gasteiger partial charge in [-0.15, -0.1) is 5.10 Å². The zero-order chi connectivity index (χ0) is 23.2. The lowest BCUT2D eigenvalue weighted by atomic mass is 10.1. The number of nitrogens with zero attached hydrogens (tertiary/aromatic N) is 4. The predicted octanol–water partition coefficient (Wildman–Crippen LogP) is 5.46. The second kappa shape index (κ2) is 9.83. The number of benzene rings is 3. The van der Waals surface area contributed by atoms with Crippen LogP contribution in [0.25, 0.3) is 22.5 Å². The number of H-pyrrole nitrogens is 1. The first-order chi connectivity index (χ1) is 16.8. The molecule has 0 unspecified atom stereocenters. The Hall–Kier alpha value is -4.72. The maximum atomic E-state index is 6.15. The Balaban J connectivity index is 1.35. The molecule has 0 amide bonds. The van der Waals surface area contributed by atoms with E-state index in [2.05, 4.69) is 25.4 Å². The van der Waals surface area contributed by atoms with E-state index in [1.54, 1.807) is 13.3 Å². The zero-order valence-electron chi connectivity index (χ0n) is 18.4. The lowest BCUT2D eigenvalue weighted by Gasteiger charge is -2.07. The van der Waals surface area contributed by atoms with E-state index >= 15 is 0 Å². The summed E-state index contributed by atoms with van der Waals surface area (Å²) in [6.07, 6.45) is 1.65. The van der Waals surface area contributed by atoms with Crippen molar-refractivity contribution >= 4 is 12.2 Å². The van der Waals surface area contributed by atoms with Gasteiger partial charge >= 0.3 is 6.01 Å². The standard InChI is InChI=1S/C26H21N5O3/c1-32-21-14-12-18(13-15-21)16-27-26-31-28-22(34-26)17-33-25-23(19-8-4-2-5-9-19)29-30-24(25)20-10-6-3-7-11-20/h2-16H,17H2,1H3,(H,29,30)/b27-16+. The summed E-state index contributed by atoms with van der Waals surface area (Å²) in [5, 5.41) is 15.6. The molecular weight excluding hydrogens is 430 g/mol. The van der Waals surface area contributed by atoms with Crippen molar-refractivity contribution in [2.75, 3.05) is 7.11 Å². The Morgan fingerprint density at radius 1 is 0.882 bits per heavy atom. The molecule has 8 heteroatoms. The van der Waals surface area contributed by atoms with E-state index in [1.807, 2.05) is 84.9 Å². The Kier molecular flexibility index (Phi) is 6.11. The number of nitrogens with one attached hydrogen (secondary N) is 1. The van der Waals surface area contributed by atoms with Crippen LogP contribution in [0.4, 0.5) is 6.01 Å². The first kappa shape index (κ1) is 21.1. The molecule has 0 aliphatic rings. The third-order valence-corrected chi connectivity index (χ3v) is 5.07. The fourth-order valence-corrected chi connectivity index (χ4v) is 3.37. The number of hydrogen-bond donors (Lipinski definition) is 1. The molecule has 0 saturated carbocycles. The van der Waals surface area contributed by atoms with Crippen LogP contribution < -0.4 is 9.47 Å². The number of aromatic nitrogens is 4. The molecular formula is C26H21N5O3. The van der Waals surface area contributed by atoms with E-state index in [0.29, 0.717) is 17.3 Å². The molecule has 3 aromatic carbocycles. The summed E-state index contributed by atoms with van der Waals surface area (Å²) in [5.41, 5.74) is 4.26. The monoisotopic (exact) mass is 451 g/mol. The van der Waals surface area contributed by atoms with Gasteiger partial charge in [-0.2, -0.15) is 5.10 Å². The van der Waals surface area contributed by atoms with Crippen molar-refractivity contribution in [2.24, 2.45) is 4.99 Å². The van der Waals surface area contributed by atoms with Gasteiger partial charge in [-0.25, -0.2) is 4.99 Å². The van der Waals surface area contributed by atoms with Gasteiger partial charge in [-0.3, -0.25) is 5.10 Å². The Morgan fingerprint density at radius 2 is 1.59 bits per heavy atom. The number of hydrogen-bond acceptors (Lipinski definition) is 7. The first-order valence-corrected chi connectivity index (χ1v) is 10.6. The van der Waals surface area contributed by atoms with Gasteiger partial charge in [0, 0.05) is 17.3 Å². The lowest BCUT2D eigenvalue weighted by Crippen LogP contribution is -1.97. The highest BCUT2D eigenvalue weighted by molar-refractivity contribution is 5.81. The molecule has 1 N–H and O–H groups in total. The second-order valence-electron chi connectivity index (χ2n) is 7.31. The van der Waals surface area contributed by atoms with Crippen LogP contribution in [0, 0.1) is 0 Å². The lowest BCUT2D eigenvalue weighted by molar-refractivity contribution is 0.266.